The molecule has 0 saturated heterocycles. The standard InChI is InChI=1S/C9H14ClN3/c1-13-9(7(10)5-12-13)6-3-2-4-8(6)11/h5-6,8H,2-4,11H2,1H3. The Morgan fingerprint density at radius 3 is 2.85 bits per heavy atom. The van der Waals surface area contributed by atoms with Crippen LogP contribution < -0.4 is 5.73 Å². The highest BCUT2D eigenvalue weighted by molar-refractivity contribution is 6.31. The van der Waals surface area contributed by atoms with Gasteiger partial charge in [0.25, 0.3) is 0 Å². The highest BCUT2D eigenvalue weighted by Crippen LogP contribution is 2.36. The summed E-state index contributed by atoms with van der Waals surface area (Å²) in [5.74, 6) is 0.403. The van der Waals surface area contributed by atoms with Crippen molar-refractivity contribution in [3.63, 3.8) is 0 Å². The van der Waals surface area contributed by atoms with Crippen LogP contribution in [0.5, 0.6) is 0 Å². The summed E-state index contributed by atoms with van der Waals surface area (Å²) in [5.41, 5.74) is 7.11. The SMILES string of the molecule is Cn1ncc(Cl)c1C1CCCC1N. The van der Waals surface area contributed by atoms with Gasteiger partial charge < -0.3 is 5.73 Å². The number of aromatic nitrogens is 2. The fourth-order valence-corrected chi connectivity index (χ4v) is 2.47. The third kappa shape index (κ3) is 1.46. The van der Waals surface area contributed by atoms with Gasteiger partial charge in [-0.2, -0.15) is 5.10 Å². The molecule has 1 fully saturated rings. The normalized spacial score (nSPS) is 28.2. The van der Waals surface area contributed by atoms with Gasteiger partial charge in [0, 0.05) is 19.0 Å². The topological polar surface area (TPSA) is 43.8 Å². The first-order valence-electron chi connectivity index (χ1n) is 4.63. The molecule has 2 rings (SSSR count). The summed E-state index contributed by atoms with van der Waals surface area (Å²) in [6, 6.07) is 0.257. The highest BCUT2D eigenvalue weighted by Gasteiger charge is 2.29. The molecule has 0 aliphatic heterocycles. The Bertz CT molecular complexity index is 288. The monoisotopic (exact) mass is 199 g/mol. The summed E-state index contributed by atoms with van der Waals surface area (Å²) in [4.78, 5) is 0. The van der Waals surface area contributed by atoms with Crippen molar-refractivity contribution in [1.29, 1.82) is 0 Å². The first kappa shape index (κ1) is 9.03. The lowest BCUT2D eigenvalue weighted by Gasteiger charge is -2.15. The third-order valence-electron chi connectivity index (χ3n) is 2.86. The second kappa shape index (κ2) is 3.31. The summed E-state index contributed by atoms with van der Waals surface area (Å²) in [6.45, 7) is 0. The molecule has 1 heterocycles. The van der Waals surface area contributed by atoms with E-state index in [0.717, 1.165) is 23.6 Å². The molecule has 1 aliphatic rings. The van der Waals surface area contributed by atoms with E-state index in [0.29, 0.717) is 5.92 Å². The molecule has 0 spiro atoms. The molecule has 2 unspecified atom stereocenters. The summed E-state index contributed by atoms with van der Waals surface area (Å²) in [7, 11) is 1.92. The summed E-state index contributed by atoms with van der Waals surface area (Å²) in [6.07, 6.45) is 5.14. The van der Waals surface area contributed by atoms with Gasteiger partial charge in [-0.15, -0.1) is 0 Å². The molecule has 0 amide bonds. The lowest BCUT2D eigenvalue weighted by Crippen LogP contribution is -2.24. The molecule has 4 heteroatoms. The smallest absolute Gasteiger partial charge is 0.0821 e. The second-order valence-corrected chi connectivity index (χ2v) is 4.11. The van der Waals surface area contributed by atoms with Gasteiger partial charge in [0.1, 0.15) is 0 Å². The van der Waals surface area contributed by atoms with Crippen LogP contribution in [0.3, 0.4) is 0 Å². The van der Waals surface area contributed by atoms with Crippen LogP contribution >= 0.6 is 11.6 Å². The molecule has 1 saturated carbocycles. The maximum atomic E-state index is 6.05. The quantitative estimate of drug-likeness (QED) is 0.748. The molecule has 1 aromatic rings. The number of hydrogen-bond donors (Lipinski definition) is 1. The summed E-state index contributed by atoms with van der Waals surface area (Å²) >= 11 is 6.05. The molecule has 0 aromatic carbocycles. The van der Waals surface area contributed by atoms with Crippen LogP contribution in [0.4, 0.5) is 0 Å². The summed E-state index contributed by atoms with van der Waals surface area (Å²) in [5, 5.41) is 4.88. The van der Waals surface area contributed by atoms with E-state index in [1.54, 1.807) is 6.20 Å². The fraction of sp³-hybridized carbons (Fsp3) is 0.667. The number of aryl methyl sites for hydroxylation is 1. The zero-order chi connectivity index (χ0) is 9.42. The van der Waals surface area contributed by atoms with E-state index >= 15 is 0 Å². The van der Waals surface area contributed by atoms with Gasteiger partial charge in [-0.3, -0.25) is 4.68 Å². The van der Waals surface area contributed by atoms with Crippen molar-refractivity contribution in [2.75, 3.05) is 0 Å². The Labute approximate surface area is 82.9 Å². The molecule has 2 atom stereocenters. The van der Waals surface area contributed by atoms with Gasteiger partial charge >= 0.3 is 0 Å². The predicted octanol–water partition coefficient (Wildman–Crippen LogP) is 1.67. The van der Waals surface area contributed by atoms with E-state index < -0.39 is 0 Å². The maximum Gasteiger partial charge on any atom is 0.0821 e. The number of halogens is 1. The minimum atomic E-state index is 0.257. The van der Waals surface area contributed by atoms with Gasteiger partial charge in [0.2, 0.25) is 0 Å². The van der Waals surface area contributed by atoms with Crippen LogP contribution in [-0.2, 0) is 7.05 Å². The van der Waals surface area contributed by atoms with Crippen molar-refractivity contribution >= 4 is 11.6 Å². The second-order valence-electron chi connectivity index (χ2n) is 3.70. The summed E-state index contributed by atoms with van der Waals surface area (Å²) < 4.78 is 1.85. The van der Waals surface area contributed by atoms with Gasteiger partial charge in [-0.05, 0) is 12.8 Å². The molecule has 2 N–H and O–H groups in total. The van der Waals surface area contributed by atoms with Gasteiger partial charge in [-0.25, -0.2) is 0 Å². The maximum absolute atomic E-state index is 6.05. The van der Waals surface area contributed by atoms with Crippen molar-refractivity contribution < 1.29 is 0 Å². The average Bonchev–Trinajstić information content (AvgIpc) is 2.60. The third-order valence-corrected chi connectivity index (χ3v) is 3.15. The van der Waals surface area contributed by atoms with Crippen molar-refractivity contribution in [2.24, 2.45) is 12.8 Å². The molecule has 72 valence electrons. The van der Waals surface area contributed by atoms with Crippen molar-refractivity contribution in [3.8, 4) is 0 Å². The Kier molecular flexibility index (Phi) is 2.30. The van der Waals surface area contributed by atoms with E-state index in [1.807, 2.05) is 11.7 Å². The lowest BCUT2D eigenvalue weighted by atomic mass is 10.0. The van der Waals surface area contributed by atoms with E-state index in [-0.39, 0.29) is 6.04 Å². The minimum absolute atomic E-state index is 0.257. The van der Waals surface area contributed by atoms with Crippen LogP contribution in [0.25, 0.3) is 0 Å². The molecular weight excluding hydrogens is 186 g/mol. The predicted molar refractivity (Wildman–Crippen MR) is 52.8 cm³/mol. The van der Waals surface area contributed by atoms with Crippen molar-refractivity contribution in [3.05, 3.63) is 16.9 Å². The molecule has 3 nitrogen and oxygen atoms in total. The first-order valence-corrected chi connectivity index (χ1v) is 5.01. The lowest BCUT2D eigenvalue weighted by molar-refractivity contribution is 0.559. The van der Waals surface area contributed by atoms with E-state index in [2.05, 4.69) is 5.10 Å². The minimum Gasteiger partial charge on any atom is -0.327 e. The van der Waals surface area contributed by atoms with Gasteiger partial charge in [0.05, 0.1) is 16.9 Å². The average molecular weight is 200 g/mol. The van der Waals surface area contributed by atoms with Crippen molar-refractivity contribution in [1.82, 2.24) is 9.78 Å². The molecule has 0 radical (unpaired) electrons. The fourth-order valence-electron chi connectivity index (χ4n) is 2.17. The Morgan fingerprint density at radius 1 is 1.62 bits per heavy atom. The molecular formula is C9H14ClN3. The van der Waals surface area contributed by atoms with Gasteiger partial charge in [0.15, 0.2) is 0 Å². The Morgan fingerprint density at radius 2 is 2.38 bits per heavy atom. The highest BCUT2D eigenvalue weighted by atomic mass is 35.5. The number of rotatable bonds is 1. The molecule has 1 aromatic heterocycles. The Hall–Kier alpha value is -0.540. The van der Waals surface area contributed by atoms with E-state index in [9.17, 15) is 0 Å². The van der Waals surface area contributed by atoms with Crippen LogP contribution in [0, 0.1) is 0 Å². The van der Waals surface area contributed by atoms with Crippen LogP contribution in [0.1, 0.15) is 30.9 Å². The van der Waals surface area contributed by atoms with Crippen LogP contribution in [-0.4, -0.2) is 15.8 Å². The van der Waals surface area contributed by atoms with Crippen LogP contribution in [0.15, 0.2) is 6.20 Å². The largest absolute Gasteiger partial charge is 0.327 e. The zero-order valence-electron chi connectivity index (χ0n) is 7.70. The van der Waals surface area contributed by atoms with E-state index in [1.165, 1.54) is 6.42 Å². The number of hydrogen-bond acceptors (Lipinski definition) is 2. The number of nitrogens with two attached hydrogens (primary N) is 1. The first-order chi connectivity index (χ1) is 6.20. The number of nitrogens with zero attached hydrogens (tertiary/aromatic N) is 2. The molecule has 0 bridgehead atoms. The van der Waals surface area contributed by atoms with Crippen LogP contribution in [0.2, 0.25) is 5.02 Å². The Balaban J connectivity index is 2.33. The zero-order valence-corrected chi connectivity index (χ0v) is 8.46. The van der Waals surface area contributed by atoms with Crippen molar-refractivity contribution in [2.45, 2.75) is 31.2 Å². The van der Waals surface area contributed by atoms with Gasteiger partial charge in [-0.1, -0.05) is 18.0 Å². The molecule has 1 aliphatic carbocycles. The molecule has 13 heavy (non-hydrogen) atoms. The van der Waals surface area contributed by atoms with E-state index in [4.69, 9.17) is 17.3 Å².